The first-order valence-corrected chi connectivity index (χ1v) is 8.71. The number of rotatable bonds is 7. The molecule has 0 unspecified atom stereocenters. The van der Waals surface area contributed by atoms with Crippen LogP contribution in [0.3, 0.4) is 0 Å². The topological polar surface area (TPSA) is 54.0 Å². The quantitative estimate of drug-likeness (QED) is 0.508. The summed E-state index contributed by atoms with van der Waals surface area (Å²) in [5.41, 5.74) is 2.37. The van der Waals surface area contributed by atoms with E-state index in [0.29, 0.717) is 22.8 Å². The van der Waals surface area contributed by atoms with Crippen LogP contribution in [0.15, 0.2) is 36.4 Å². The predicted octanol–water partition coefficient (Wildman–Crippen LogP) is 4.95. The van der Waals surface area contributed by atoms with Crippen molar-refractivity contribution in [2.75, 3.05) is 28.4 Å². The van der Waals surface area contributed by atoms with Crippen molar-refractivity contribution in [3.8, 4) is 23.0 Å². The Morgan fingerprint density at radius 1 is 0.815 bits per heavy atom. The second-order valence-electron chi connectivity index (χ2n) is 5.34. The maximum atomic E-state index is 12.5. The van der Waals surface area contributed by atoms with Crippen LogP contribution in [0, 0.1) is 6.92 Å². The number of benzene rings is 2. The average molecular weight is 372 g/mol. The van der Waals surface area contributed by atoms with Gasteiger partial charge in [-0.05, 0) is 48.4 Å². The predicted molar refractivity (Wildman–Crippen MR) is 109 cm³/mol. The zero-order valence-corrected chi connectivity index (χ0v) is 17.1. The van der Waals surface area contributed by atoms with Gasteiger partial charge in [-0.25, -0.2) is 0 Å². The summed E-state index contributed by atoms with van der Waals surface area (Å²) in [6, 6.07) is 8.99. The zero-order chi connectivity index (χ0) is 20.4. The van der Waals surface area contributed by atoms with Crippen LogP contribution in [-0.2, 0) is 0 Å². The van der Waals surface area contributed by atoms with Crippen LogP contribution in [0.25, 0.3) is 6.08 Å². The fourth-order valence-electron chi connectivity index (χ4n) is 2.50. The Labute approximate surface area is 161 Å². The molecule has 0 saturated carbocycles. The normalized spacial score (nSPS) is 10.0. The highest BCUT2D eigenvalue weighted by atomic mass is 16.5. The molecule has 0 atom stereocenters. The molecule has 146 valence electrons. The summed E-state index contributed by atoms with van der Waals surface area (Å²) in [4.78, 5) is 12.5. The molecule has 0 spiro atoms. The number of ketones is 1. The monoisotopic (exact) mass is 372 g/mol. The SMILES string of the molecule is CC.COc1ccc(/C=C/C(=O)c2cc(OC)c(OC)c(OC)c2)cc1C. The standard InChI is InChI=1S/C20H22O5.C2H6/c1-13-10-14(7-9-17(13)22-2)6-8-16(21)15-11-18(23-3)20(25-5)19(12-15)24-4;1-2/h6-12H,1-5H3;1-2H3/b8-6+;. The van der Waals surface area contributed by atoms with E-state index in [4.69, 9.17) is 18.9 Å². The van der Waals surface area contributed by atoms with Crippen molar-refractivity contribution in [2.45, 2.75) is 20.8 Å². The third-order valence-corrected chi connectivity index (χ3v) is 3.80. The summed E-state index contributed by atoms with van der Waals surface area (Å²) in [5.74, 6) is 2.00. The van der Waals surface area contributed by atoms with E-state index in [-0.39, 0.29) is 5.78 Å². The third kappa shape index (κ3) is 5.51. The fraction of sp³-hybridized carbons (Fsp3) is 0.318. The second kappa shape index (κ2) is 10.9. The minimum absolute atomic E-state index is 0.160. The van der Waals surface area contributed by atoms with Crippen molar-refractivity contribution < 1.29 is 23.7 Å². The van der Waals surface area contributed by atoms with E-state index in [0.717, 1.165) is 16.9 Å². The van der Waals surface area contributed by atoms with Crippen LogP contribution >= 0.6 is 0 Å². The van der Waals surface area contributed by atoms with Gasteiger partial charge in [-0.1, -0.05) is 26.0 Å². The number of carbonyl (C=O) groups excluding carboxylic acids is 1. The number of ether oxygens (including phenoxy) is 4. The van der Waals surface area contributed by atoms with Gasteiger partial charge in [0.25, 0.3) is 0 Å². The lowest BCUT2D eigenvalue weighted by atomic mass is 10.1. The van der Waals surface area contributed by atoms with Crippen LogP contribution in [0.4, 0.5) is 0 Å². The van der Waals surface area contributed by atoms with Crippen molar-refractivity contribution >= 4 is 11.9 Å². The van der Waals surface area contributed by atoms with Gasteiger partial charge in [-0.15, -0.1) is 0 Å². The molecule has 0 aliphatic rings. The summed E-state index contributed by atoms with van der Waals surface area (Å²) in [7, 11) is 6.18. The average Bonchev–Trinajstić information content (AvgIpc) is 2.72. The maximum absolute atomic E-state index is 12.5. The van der Waals surface area contributed by atoms with Crippen LogP contribution in [0.2, 0.25) is 0 Å². The smallest absolute Gasteiger partial charge is 0.203 e. The number of hydrogen-bond donors (Lipinski definition) is 0. The molecule has 0 N–H and O–H groups in total. The molecule has 0 bridgehead atoms. The van der Waals surface area contributed by atoms with Crippen LogP contribution < -0.4 is 18.9 Å². The summed E-state index contributed by atoms with van der Waals surface area (Å²) >= 11 is 0. The van der Waals surface area contributed by atoms with Gasteiger partial charge in [-0.3, -0.25) is 4.79 Å². The second-order valence-corrected chi connectivity index (χ2v) is 5.34. The van der Waals surface area contributed by atoms with Crippen LogP contribution in [0.5, 0.6) is 23.0 Å². The van der Waals surface area contributed by atoms with Gasteiger partial charge in [0.15, 0.2) is 17.3 Å². The van der Waals surface area contributed by atoms with Gasteiger partial charge in [0, 0.05) is 5.56 Å². The summed E-state index contributed by atoms with van der Waals surface area (Å²) in [6.45, 7) is 5.96. The number of carbonyl (C=O) groups is 1. The van der Waals surface area contributed by atoms with E-state index in [1.54, 1.807) is 25.3 Å². The highest BCUT2D eigenvalue weighted by Gasteiger charge is 2.15. The Balaban J connectivity index is 0.00000176. The third-order valence-electron chi connectivity index (χ3n) is 3.80. The Bertz CT molecular complexity index is 768. The maximum Gasteiger partial charge on any atom is 0.203 e. The van der Waals surface area contributed by atoms with Gasteiger partial charge in [-0.2, -0.15) is 0 Å². The minimum Gasteiger partial charge on any atom is -0.496 e. The van der Waals surface area contributed by atoms with Crippen LogP contribution in [0.1, 0.15) is 35.3 Å². The Morgan fingerprint density at radius 2 is 1.37 bits per heavy atom. The first kappa shape index (κ1) is 22.1. The highest BCUT2D eigenvalue weighted by molar-refractivity contribution is 6.07. The van der Waals surface area contributed by atoms with Gasteiger partial charge >= 0.3 is 0 Å². The van der Waals surface area contributed by atoms with E-state index < -0.39 is 0 Å². The Morgan fingerprint density at radius 3 is 1.81 bits per heavy atom. The van der Waals surface area contributed by atoms with E-state index in [1.165, 1.54) is 27.4 Å². The molecule has 0 aromatic heterocycles. The van der Waals surface area contributed by atoms with Crippen molar-refractivity contribution in [3.05, 3.63) is 53.1 Å². The molecule has 0 fully saturated rings. The van der Waals surface area contributed by atoms with Crippen LogP contribution in [-0.4, -0.2) is 34.2 Å². The first-order chi connectivity index (χ1) is 13.0. The molecule has 2 rings (SSSR count). The number of aryl methyl sites for hydroxylation is 1. The van der Waals surface area contributed by atoms with Gasteiger partial charge in [0.1, 0.15) is 5.75 Å². The molecule has 2 aromatic carbocycles. The summed E-state index contributed by atoms with van der Waals surface area (Å²) in [6.07, 6.45) is 3.28. The van der Waals surface area contributed by atoms with Crippen molar-refractivity contribution in [1.82, 2.24) is 0 Å². The fourth-order valence-corrected chi connectivity index (χ4v) is 2.50. The highest BCUT2D eigenvalue weighted by Crippen LogP contribution is 2.38. The van der Waals surface area contributed by atoms with E-state index in [2.05, 4.69) is 0 Å². The number of methoxy groups -OCH3 is 4. The van der Waals surface area contributed by atoms with Crippen molar-refractivity contribution in [1.29, 1.82) is 0 Å². The number of hydrogen-bond acceptors (Lipinski definition) is 5. The first-order valence-electron chi connectivity index (χ1n) is 8.71. The molecule has 0 heterocycles. The molecule has 27 heavy (non-hydrogen) atoms. The van der Waals surface area contributed by atoms with Gasteiger partial charge < -0.3 is 18.9 Å². The van der Waals surface area contributed by atoms with Gasteiger partial charge in [0.05, 0.1) is 28.4 Å². The molecule has 0 saturated heterocycles. The lowest BCUT2D eigenvalue weighted by Gasteiger charge is -2.13. The van der Waals surface area contributed by atoms with E-state index in [9.17, 15) is 4.79 Å². The lowest BCUT2D eigenvalue weighted by molar-refractivity contribution is 0.104. The van der Waals surface area contributed by atoms with E-state index >= 15 is 0 Å². The molecule has 0 aliphatic carbocycles. The van der Waals surface area contributed by atoms with Gasteiger partial charge in [0.2, 0.25) is 5.75 Å². The van der Waals surface area contributed by atoms with Crippen molar-refractivity contribution in [3.63, 3.8) is 0 Å². The molecule has 0 radical (unpaired) electrons. The Hall–Kier alpha value is -2.95. The van der Waals surface area contributed by atoms with E-state index in [1.807, 2.05) is 39.0 Å². The van der Waals surface area contributed by atoms with Crippen molar-refractivity contribution in [2.24, 2.45) is 0 Å². The molecule has 5 heteroatoms. The summed E-state index contributed by atoms with van der Waals surface area (Å²) in [5, 5.41) is 0. The lowest BCUT2D eigenvalue weighted by Crippen LogP contribution is -2.00. The zero-order valence-electron chi connectivity index (χ0n) is 17.1. The molecule has 0 amide bonds. The minimum atomic E-state index is -0.160. The molecular weight excluding hydrogens is 344 g/mol. The molecule has 2 aromatic rings. The number of allylic oxidation sites excluding steroid dienone is 1. The molecule has 0 aliphatic heterocycles. The molecule has 5 nitrogen and oxygen atoms in total. The molecular formula is C22H28O5. The largest absolute Gasteiger partial charge is 0.496 e. The Kier molecular flexibility index (Phi) is 8.93. The summed E-state index contributed by atoms with van der Waals surface area (Å²) < 4.78 is 21.1.